The summed E-state index contributed by atoms with van der Waals surface area (Å²) >= 11 is 7.14. The quantitative estimate of drug-likeness (QED) is 0.353. The number of furan rings is 1. The predicted octanol–water partition coefficient (Wildman–Crippen LogP) is 6.26. The number of hydrogen-bond donors (Lipinski definition) is 0. The topological polar surface area (TPSA) is 13.1 Å². The summed E-state index contributed by atoms with van der Waals surface area (Å²) in [7, 11) is 0. The zero-order chi connectivity index (χ0) is 13.0. The lowest BCUT2D eigenvalue weighted by molar-refractivity contribution is 0.667. The first-order valence-corrected chi connectivity index (χ1v) is 7.51. The van der Waals surface area contributed by atoms with Crippen LogP contribution in [0.2, 0.25) is 0 Å². The molecule has 19 heavy (non-hydrogen) atoms. The zero-order valence-electron chi connectivity index (χ0n) is 9.78. The Kier molecular flexibility index (Phi) is 2.47. The van der Waals surface area contributed by atoms with E-state index in [1.54, 1.807) is 0 Å². The van der Waals surface area contributed by atoms with Gasteiger partial charge in [-0.3, -0.25) is 0 Å². The maximum absolute atomic E-state index is 5.98. The summed E-state index contributed by atoms with van der Waals surface area (Å²) < 4.78 is 8.03. The molecule has 1 nitrogen and oxygen atoms in total. The molecule has 3 heteroatoms. The van der Waals surface area contributed by atoms with Crippen molar-refractivity contribution in [3.63, 3.8) is 0 Å². The maximum atomic E-state index is 5.98. The van der Waals surface area contributed by atoms with Crippen molar-refractivity contribution in [1.82, 2.24) is 0 Å². The van der Waals surface area contributed by atoms with Gasteiger partial charge < -0.3 is 4.42 Å². The number of fused-ring (bicyclic) bond motifs is 5. The number of benzene rings is 3. The van der Waals surface area contributed by atoms with E-state index in [1.807, 2.05) is 12.1 Å². The average molecular weight is 376 g/mol. The van der Waals surface area contributed by atoms with Crippen molar-refractivity contribution < 1.29 is 4.42 Å². The van der Waals surface area contributed by atoms with E-state index in [1.165, 1.54) is 16.2 Å². The summed E-state index contributed by atoms with van der Waals surface area (Å²) in [6, 6.07) is 16.6. The zero-order valence-corrected chi connectivity index (χ0v) is 13.0. The highest BCUT2D eigenvalue weighted by molar-refractivity contribution is 9.11. The summed E-state index contributed by atoms with van der Waals surface area (Å²) in [5.41, 5.74) is 1.82. The van der Waals surface area contributed by atoms with Crippen molar-refractivity contribution in [1.29, 1.82) is 0 Å². The monoisotopic (exact) mass is 374 g/mol. The molecule has 92 valence electrons. The molecule has 0 saturated heterocycles. The van der Waals surface area contributed by atoms with Gasteiger partial charge in [0.1, 0.15) is 11.2 Å². The molecule has 4 rings (SSSR count). The molecule has 3 aromatic carbocycles. The molecule has 1 heterocycles. The van der Waals surface area contributed by atoms with Crippen molar-refractivity contribution in [2.45, 2.75) is 0 Å². The molecule has 0 unspecified atom stereocenters. The normalized spacial score (nSPS) is 11.7. The SMILES string of the molecule is Brc1ccc2oc3c(Br)cc4ccccc4c3c2c1. The summed E-state index contributed by atoms with van der Waals surface area (Å²) in [6.07, 6.45) is 0. The second kappa shape index (κ2) is 4.09. The third-order valence-electron chi connectivity index (χ3n) is 3.38. The highest BCUT2D eigenvalue weighted by atomic mass is 79.9. The van der Waals surface area contributed by atoms with E-state index in [0.29, 0.717) is 0 Å². The summed E-state index contributed by atoms with van der Waals surface area (Å²) in [6.45, 7) is 0. The molecular formula is C16H8Br2O. The molecule has 0 atom stereocenters. The van der Waals surface area contributed by atoms with E-state index in [4.69, 9.17) is 4.42 Å². The Balaban J connectivity index is 2.38. The number of halogens is 2. The van der Waals surface area contributed by atoms with Gasteiger partial charge in [0, 0.05) is 15.2 Å². The fourth-order valence-corrected chi connectivity index (χ4v) is 3.44. The second-order valence-corrected chi connectivity index (χ2v) is 6.30. The van der Waals surface area contributed by atoms with Crippen LogP contribution in [0.5, 0.6) is 0 Å². The van der Waals surface area contributed by atoms with Gasteiger partial charge in [-0.05, 0) is 51.0 Å². The molecule has 0 saturated carbocycles. The van der Waals surface area contributed by atoms with E-state index in [-0.39, 0.29) is 0 Å². The number of hydrogen-bond acceptors (Lipinski definition) is 1. The molecule has 0 N–H and O–H groups in total. The molecule has 4 aromatic rings. The van der Waals surface area contributed by atoms with Crippen LogP contribution in [0.25, 0.3) is 32.7 Å². The summed E-state index contributed by atoms with van der Waals surface area (Å²) in [5, 5.41) is 4.74. The van der Waals surface area contributed by atoms with Gasteiger partial charge in [-0.15, -0.1) is 0 Å². The predicted molar refractivity (Wildman–Crippen MR) is 86.6 cm³/mol. The Labute approximate surface area is 126 Å². The first kappa shape index (κ1) is 11.5. The average Bonchev–Trinajstić information content (AvgIpc) is 2.78. The van der Waals surface area contributed by atoms with Crippen molar-refractivity contribution in [3.05, 3.63) is 57.5 Å². The Morgan fingerprint density at radius 3 is 2.58 bits per heavy atom. The second-order valence-electron chi connectivity index (χ2n) is 4.53. The van der Waals surface area contributed by atoms with Gasteiger partial charge in [0.2, 0.25) is 0 Å². The Morgan fingerprint density at radius 1 is 0.842 bits per heavy atom. The maximum Gasteiger partial charge on any atom is 0.150 e. The standard InChI is InChI=1S/C16H8Br2O/c17-10-5-6-14-12(8-10)15-11-4-2-1-3-9(11)7-13(18)16(15)19-14/h1-8H. The Hall–Kier alpha value is -1.32. The minimum atomic E-state index is 0.909. The third-order valence-corrected chi connectivity index (χ3v) is 4.46. The Morgan fingerprint density at radius 2 is 1.68 bits per heavy atom. The van der Waals surface area contributed by atoms with Gasteiger partial charge in [0.25, 0.3) is 0 Å². The fraction of sp³-hybridized carbons (Fsp3) is 0. The molecule has 0 aliphatic carbocycles. The van der Waals surface area contributed by atoms with Crippen LogP contribution in [-0.2, 0) is 0 Å². The molecular weight excluding hydrogens is 368 g/mol. The van der Waals surface area contributed by atoms with Crippen LogP contribution < -0.4 is 0 Å². The smallest absolute Gasteiger partial charge is 0.150 e. The molecule has 0 aliphatic rings. The van der Waals surface area contributed by atoms with Gasteiger partial charge in [0.05, 0.1) is 4.47 Å². The van der Waals surface area contributed by atoms with Gasteiger partial charge in [-0.1, -0.05) is 40.2 Å². The van der Waals surface area contributed by atoms with E-state index in [9.17, 15) is 0 Å². The highest BCUT2D eigenvalue weighted by Crippen LogP contribution is 2.39. The van der Waals surface area contributed by atoms with Crippen LogP contribution in [0.1, 0.15) is 0 Å². The Bertz CT molecular complexity index is 938. The van der Waals surface area contributed by atoms with Gasteiger partial charge in [0.15, 0.2) is 0 Å². The van der Waals surface area contributed by atoms with Crippen LogP contribution in [0, 0.1) is 0 Å². The van der Waals surface area contributed by atoms with Gasteiger partial charge in [-0.25, -0.2) is 0 Å². The highest BCUT2D eigenvalue weighted by Gasteiger charge is 2.13. The van der Waals surface area contributed by atoms with Crippen molar-refractivity contribution in [2.75, 3.05) is 0 Å². The van der Waals surface area contributed by atoms with E-state index >= 15 is 0 Å². The third kappa shape index (κ3) is 1.65. The van der Waals surface area contributed by atoms with Crippen molar-refractivity contribution in [2.24, 2.45) is 0 Å². The molecule has 0 amide bonds. The lowest BCUT2D eigenvalue weighted by Crippen LogP contribution is -1.76. The molecule has 0 radical (unpaired) electrons. The molecule has 0 spiro atoms. The van der Waals surface area contributed by atoms with Crippen molar-refractivity contribution >= 4 is 64.6 Å². The van der Waals surface area contributed by atoms with E-state index < -0.39 is 0 Å². The van der Waals surface area contributed by atoms with Crippen LogP contribution >= 0.6 is 31.9 Å². The summed E-state index contributed by atoms with van der Waals surface area (Å²) in [5.74, 6) is 0. The molecule has 0 aliphatic heterocycles. The minimum absolute atomic E-state index is 0.909. The van der Waals surface area contributed by atoms with E-state index in [0.717, 1.165) is 25.5 Å². The van der Waals surface area contributed by atoms with Gasteiger partial charge >= 0.3 is 0 Å². The first-order valence-electron chi connectivity index (χ1n) is 5.93. The van der Waals surface area contributed by atoms with Crippen LogP contribution in [0.3, 0.4) is 0 Å². The molecule has 1 aromatic heterocycles. The fourth-order valence-electron chi connectivity index (χ4n) is 2.56. The van der Waals surface area contributed by atoms with Crippen LogP contribution in [-0.4, -0.2) is 0 Å². The lowest BCUT2D eigenvalue weighted by atomic mass is 10.0. The van der Waals surface area contributed by atoms with Crippen LogP contribution in [0.15, 0.2) is 61.9 Å². The molecule has 0 fully saturated rings. The van der Waals surface area contributed by atoms with Crippen LogP contribution in [0.4, 0.5) is 0 Å². The number of rotatable bonds is 0. The lowest BCUT2D eigenvalue weighted by Gasteiger charge is -2.01. The summed E-state index contributed by atoms with van der Waals surface area (Å²) in [4.78, 5) is 0. The largest absolute Gasteiger partial charge is 0.455 e. The molecule has 0 bridgehead atoms. The van der Waals surface area contributed by atoms with Gasteiger partial charge in [-0.2, -0.15) is 0 Å². The van der Waals surface area contributed by atoms with Crippen molar-refractivity contribution in [3.8, 4) is 0 Å². The first-order chi connectivity index (χ1) is 9.24. The van der Waals surface area contributed by atoms with E-state index in [2.05, 4.69) is 68.3 Å². The minimum Gasteiger partial charge on any atom is -0.455 e.